The van der Waals surface area contributed by atoms with Crippen LogP contribution >= 0.6 is 0 Å². The van der Waals surface area contributed by atoms with E-state index in [2.05, 4.69) is 12.3 Å². The molecule has 18 heavy (non-hydrogen) atoms. The van der Waals surface area contributed by atoms with Crippen LogP contribution in [0.1, 0.15) is 71.1 Å². The maximum Gasteiger partial charge on any atom is 0.0469 e. The molecule has 0 amide bonds. The van der Waals surface area contributed by atoms with Gasteiger partial charge in [0.25, 0.3) is 0 Å². The van der Waals surface area contributed by atoms with Gasteiger partial charge in [-0.2, -0.15) is 0 Å². The van der Waals surface area contributed by atoms with Crippen molar-refractivity contribution in [2.24, 2.45) is 11.8 Å². The second-order valence-electron chi connectivity index (χ2n) is 5.63. The highest BCUT2D eigenvalue weighted by Crippen LogP contribution is 2.22. The highest BCUT2D eigenvalue weighted by Gasteiger charge is 2.22. The molecule has 0 saturated carbocycles. The van der Waals surface area contributed by atoms with E-state index in [1.165, 1.54) is 64.2 Å². The maximum absolute atomic E-state index is 5.69. The van der Waals surface area contributed by atoms with E-state index in [-0.39, 0.29) is 0 Å². The molecule has 1 heterocycles. The lowest BCUT2D eigenvalue weighted by atomic mass is 9.88. The summed E-state index contributed by atoms with van der Waals surface area (Å²) in [6, 6.07) is 0.504. The molecule has 1 fully saturated rings. The van der Waals surface area contributed by atoms with Crippen molar-refractivity contribution in [3.63, 3.8) is 0 Å². The first-order chi connectivity index (χ1) is 8.88. The van der Waals surface area contributed by atoms with Crippen LogP contribution in [0.5, 0.6) is 0 Å². The van der Waals surface area contributed by atoms with Crippen molar-refractivity contribution >= 4 is 0 Å². The van der Waals surface area contributed by atoms with Gasteiger partial charge in [0, 0.05) is 19.3 Å². The molecule has 0 radical (unpaired) electrons. The highest BCUT2D eigenvalue weighted by molar-refractivity contribution is 4.76. The molecule has 0 bridgehead atoms. The van der Waals surface area contributed by atoms with Gasteiger partial charge in [-0.1, -0.05) is 51.9 Å². The Morgan fingerprint density at radius 2 is 1.67 bits per heavy atom. The molecule has 3 nitrogen and oxygen atoms in total. The summed E-state index contributed by atoms with van der Waals surface area (Å²) in [5.41, 5.74) is 3.03. The Kier molecular flexibility index (Phi) is 9.54. The van der Waals surface area contributed by atoms with E-state index < -0.39 is 0 Å². The minimum atomic E-state index is 0.504. The summed E-state index contributed by atoms with van der Waals surface area (Å²) in [5, 5.41) is 0. The molecule has 1 atom stereocenters. The summed E-state index contributed by atoms with van der Waals surface area (Å²) in [4.78, 5) is 0. The van der Waals surface area contributed by atoms with Crippen molar-refractivity contribution < 1.29 is 4.74 Å². The Hall–Kier alpha value is -0.120. The molecular weight excluding hydrogens is 224 g/mol. The Balaban J connectivity index is 2.00. The molecule has 108 valence electrons. The molecule has 0 aromatic carbocycles. The summed E-state index contributed by atoms with van der Waals surface area (Å²) >= 11 is 0. The molecule has 3 heteroatoms. The number of nitrogens with two attached hydrogens (primary N) is 1. The van der Waals surface area contributed by atoms with Crippen LogP contribution in [0.4, 0.5) is 0 Å². The topological polar surface area (TPSA) is 47.3 Å². The summed E-state index contributed by atoms with van der Waals surface area (Å²) in [6.45, 7) is 4.10. The van der Waals surface area contributed by atoms with Crippen LogP contribution in [0.25, 0.3) is 0 Å². The summed E-state index contributed by atoms with van der Waals surface area (Å²) < 4.78 is 5.41. The number of hydrogen-bond donors (Lipinski definition) is 2. The largest absolute Gasteiger partial charge is 0.381 e. The van der Waals surface area contributed by atoms with Gasteiger partial charge in [0.05, 0.1) is 0 Å². The Labute approximate surface area is 113 Å². The zero-order chi connectivity index (χ0) is 13.1. The normalized spacial score (nSPS) is 19.0. The van der Waals surface area contributed by atoms with E-state index in [1.54, 1.807) is 0 Å². The molecule has 1 aliphatic rings. The standard InChI is InChI=1S/C15H32N2O/c1-2-3-4-5-6-7-8-9-15(17-16)14-10-12-18-13-11-14/h14-15,17H,2-13,16H2,1H3. The van der Waals surface area contributed by atoms with Crippen LogP contribution in [-0.4, -0.2) is 19.3 Å². The van der Waals surface area contributed by atoms with Crippen molar-refractivity contribution in [3.05, 3.63) is 0 Å². The molecule has 0 spiro atoms. The van der Waals surface area contributed by atoms with E-state index >= 15 is 0 Å². The number of hydrogen-bond acceptors (Lipinski definition) is 3. The van der Waals surface area contributed by atoms with Crippen LogP contribution < -0.4 is 11.3 Å². The third kappa shape index (κ3) is 6.72. The van der Waals surface area contributed by atoms with Gasteiger partial charge in [0.15, 0.2) is 0 Å². The fraction of sp³-hybridized carbons (Fsp3) is 1.00. The third-order valence-corrected chi connectivity index (χ3v) is 4.17. The fourth-order valence-electron chi connectivity index (χ4n) is 2.89. The molecule has 1 aliphatic heterocycles. The van der Waals surface area contributed by atoms with Crippen molar-refractivity contribution in [3.8, 4) is 0 Å². The molecule has 0 aromatic rings. The SMILES string of the molecule is CCCCCCCCCC(NN)C1CCOCC1. The van der Waals surface area contributed by atoms with E-state index in [9.17, 15) is 0 Å². The van der Waals surface area contributed by atoms with E-state index in [0.717, 1.165) is 19.1 Å². The monoisotopic (exact) mass is 256 g/mol. The third-order valence-electron chi connectivity index (χ3n) is 4.17. The van der Waals surface area contributed by atoms with Crippen molar-refractivity contribution in [1.29, 1.82) is 0 Å². The van der Waals surface area contributed by atoms with Crippen LogP contribution in [0, 0.1) is 5.92 Å². The van der Waals surface area contributed by atoms with E-state index in [1.807, 2.05) is 0 Å². The predicted octanol–water partition coefficient (Wildman–Crippen LogP) is 3.39. The van der Waals surface area contributed by atoms with E-state index in [4.69, 9.17) is 10.6 Å². The minimum absolute atomic E-state index is 0.504. The molecule has 0 aliphatic carbocycles. The average molecular weight is 256 g/mol. The molecule has 0 aromatic heterocycles. The first-order valence-electron chi connectivity index (χ1n) is 7.92. The number of unbranched alkanes of at least 4 members (excludes halogenated alkanes) is 6. The minimum Gasteiger partial charge on any atom is -0.381 e. The summed E-state index contributed by atoms with van der Waals surface area (Å²) in [5.74, 6) is 6.42. The lowest BCUT2D eigenvalue weighted by Crippen LogP contribution is -2.42. The molecule has 1 unspecified atom stereocenters. The Bertz CT molecular complexity index is 181. The lowest BCUT2D eigenvalue weighted by molar-refractivity contribution is 0.0522. The second kappa shape index (κ2) is 10.8. The van der Waals surface area contributed by atoms with Gasteiger partial charge in [-0.25, -0.2) is 0 Å². The van der Waals surface area contributed by atoms with E-state index in [0.29, 0.717) is 6.04 Å². The van der Waals surface area contributed by atoms with Crippen LogP contribution in [0.2, 0.25) is 0 Å². The van der Waals surface area contributed by atoms with Crippen molar-refractivity contribution in [2.75, 3.05) is 13.2 Å². The van der Waals surface area contributed by atoms with Gasteiger partial charge in [-0.15, -0.1) is 0 Å². The zero-order valence-corrected chi connectivity index (χ0v) is 12.1. The zero-order valence-electron chi connectivity index (χ0n) is 12.1. The van der Waals surface area contributed by atoms with Crippen LogP contribution in [0.15, 0.2) is 0 Å². The predicted molar refractivity (Wildman–Crippen MR) is 77.3 cm³/mol. The average Bonchev–Trinajstić information content (AvgIpc) is 2.43. The summed E-state index contributed by atoms with van der Waals surface area (Å²) in [7, 11) is 0. The Morgan fingerprint density at radius 3 is 2.28 bits per heavy atom. The van der Waals surface area contributed by atoms with Gasteiger partial charge in [0.2, 0.25) is 0 Å². The quantitative estimate of drug-likeness (QED) is 0.358. The van der Waals surface area contributed by atoms with Gasteiger partial charge in [-0.3, -0.25) is 11.3 Å². The van der Waals surface area contributed by atoms with Crippen LogP contribution in [0.3, 0.4) is 0 Å². The second-order valence-corrected chi connectivity index (χ2v) is 5.63. The highest BCUT2D eigenvalue weighted by atomic mass is 16.5. The number of rotatable bonds is 10. The first-order valence-corrected chi connectivity index (χ1v) is 7.92. The van der Waals surface area contributed by atoms with Crippen molar-refractivity contribution in [1.82, 2.24) is 5.43 Å². The van der Waals surface area contributed by atoms with Gasteiger partial charge >= 0.3 is 0 Å². The van der Waals surface area contributed by atoms with Crippen molar-refractivity contribution in [2.45, 2.75) is 77.2 Å². The molecular formula is C15H32N2O. The fourth-order valence-corrected chi connectivity index (χ4v) is 2.89. The smallest absolute Gasteiger partial charge is 0.0469 e. The maximum atomic E-state index is 5.69. The number of nitrogens with one attached hydrogen (secondary N) is 1. The Morgan fingerprint density at radius 1 is 1.06 bits per heavy atom. The first kappa shape index (κ1) is 15.9. The van der Waals surface area contributed by atoms with Gasteiger partial charge in [-0.05, 0) is 25.2 Å². The summed E-state index contributed by atoms with van der Waals surface area (Å²) in [6.07, 6.45) is 13.2. The number of ether oxygens (including phenoxy) is 1. The lowest BCUT2D eigenvalue weighted by Gasteiger charge is -2.29. The van der Waals surface area contributed by atoms with Gasteiger partial charge in [0.1, 0.15) is 0 Å². The molecule has 1 rings (SSSR count). The van der Waals surface area contributed by atoms with Gasteiger partial charge < -0.3 is 4.74 Å². The molecule has 3 N–H and O–H groups in total. The van der Waals surface area contributed by atoms with Crippen LogP contribution in [-0.2, 0) is 4.74 Å². The number of hydrazine groups is 1. The molecule has 1 saturated heterocycles.